The summed E-state index contributed by atoms with van der Waals surface area (Å²) in [5, 5.41) is 4.22. The van der Waals surface area contributed by atoms with Gasteiger partial charge in [-0.05, 0) is 36.3 Å². The molecule has 2 aromatic rings. The van der Waals surface area contributed by atoms with Crippen LogP contribution in [0.5, 0.6) is 0 Å². The van der Waals surface area contributed by atoms with Gasteiger partial charge in [0.05, 0.1) is 11.9 Å². The van der Waals surface area contributed by atoms with Crippen molar-refractivity contribution in [2.24, 2.45) is 0 Å². The van der Waals surface area contributed by atoms with E-state index in [0.717, 1.165) is 23.1 Å². The van der Waals surface area contributed by atoms with Crippen molar-refractivity contribution in [1.29, 1.82) is 0 Å². The molecular weight excluding hydrogens is 200 g/mol. The molecule has 3 heteroatoms. The third-order valence-electron chi connectivity index (χ3n) is 2.24. The SMILES string of the molecule is Cc1cnn(-c2ccc(C=CC=O)cc2)c1. The molecule has 0 aliphatic carbocycles. The molecular formula is C13H12N2O. The number of allylic oxidation sites excluding steroid dienone is 1. The average molecular weight is 212 g/mol. The first-order chi connectivity index (χ1) is 7.79. The highest BCUT2D eigenvalue weighted by molar-refractivity contribution is 5.73. The lowest BCUT2D eigenvalue weighted by Gasteiger charge is -2.01. The van der Waals surface area contributed by atoms with Gasteiger partial charge in [0.1, 0.15) is 6.29 Å². The van der Waals surface area contributed by atoms with Crippen molar-refractivity contribution >= 4 is 12.4 Å². The van der Waals surface area contributed by atoms with Gasteiger partial charge in [-0.1, -0.05) is 18.2 Å². The molecule has 0 amide bonds. The Hall–Kier alpha value is -2.16. The van der Waals surface area contributed by atoms with Crippen LogP contribution in [0.4, 0.5) is 0 Å². The Morgan fingerprint density at radius 2 is 2.00 bits per heavy atom. The van der Waals surface area contributed by atoms with Crippen molar-refractivity contribution in [3.63, 3.8) is 0 Å². The van der Waals surface area contributed by atoms with E-state index in [0.29, 0.717) is 0 Å². The van der Waals surface area contributed by atoms with Crippen LogP contribution in [0.15, 0.2) is 42.7 Å². The third kappa shape index (κ3) is 2.25. The second-order valence-corrected chi connectivity index (χ2v) is 3.55. The molecule has 0 fully saturated rings. The van der Waals surface area contributed by atoms with Crippen LogP contribution in [-0.2, 0) is 4.79 Å². The summed E-state index contributed by atoms with van der Waals surface area (Å²) >= 11 is 0. The fourth-order valence-corrected chi connectivity index (χ4v) is 1.44. The maximum atomic E-state index is 10.2. The number of carbonyl (C=O) groups is 1. The molecule has 0 bridgehead atoms. The van der Waals surface area contributed by atoms with Crippen LogP contribution in [0.3, 0.4) is 0 Å². The highest BCUT2D eigenvalue weighted by Crippen LogP contribution is 2.10. The monoisotopic (exact) mass is 212 g/mol. The predicted molar refractivity (Wildman–Crippen MR) is 63.4 cm³/mol. The van der Waals surface area contributed by atoms with E-state index in [9.17, 15) is 4.79 Å². The molecule has 0 aliphatic rings. The van der Waals surface area contributed by atoms with Crippen LogP contribution < -0.4 is 0 Å². The zero-order chi connectivity index (χ0) is 11.4. The fraction of sp³-hybridized carbons (Fsp3) is 0.0769. The molecule has 1 aromatic heterocycles. The minimum atomic E-state index is 0.769. The summed E-state index contributed by atoms with van der Waals surface area (Å²) in [6.45, 7) is 2.00. The molecule has 0 N–H and O–H groups in total. The van der Waals surface area contributed by atoms with Crippen molar-refractivity contribution in [2.75, 3.05) is 0 Å². The second-order valence-electron chi connectivity index (χ2n) is 3.55. The summed E-state index contributed by atoms with van der Waals surface area (Å²) < 4.78 is 1.82. The van der Waals surface area contributed by atoms with Crippen molar-refractivity contribution < 1.29 is 4.79 Å². The van der Waals surface area contributed by atoms with Crippen molar-refractivity contribution in [3.8, 4) is 5.69 Å². The number of aromatic nitrogens is 2. The smallest absolute Gasteiger partial charge is 0.142 e. The molecule has 0 atom stereocenters. The molecule has 2 rings (SSSR count). The van der Waals surface area contributed by atoms with Gasteiger partial charge in [0.25, 0.3) is 0 Å². The first-order valence-electron chi connectivity index (χ1n) is 5.03. The average Bonchev–Trinajstić information content (AvgIpc) is 2.74. The number of rotatable bonds is 3. The van der Waals surface area contributed by atoms with Gasteiger partial charge in [0.15, 0.2) is 0 Å². The Kier molecular flexibility index (Phi) is 2.96. The van der Waals surface area contributed by atoms with Gasteiger partial charge in [-0.2, -0.15) is 5.10 Å². The summed E-state index contributed by atoms with van der Waals surface area (Å²) in [7, 11) is 0. The van der Waals surface area contributed by atoms with E-state index in [1.54, 1.807) is 6.08 Å². The molecule has 80 valence electrons. The highest BCUT2D eigenvalue weighted by atomic mass is 16.1. The summed E-state index contributed by atoms with van der Waals surface area (Å²) in [4.78, 5) is 10.2. The van der Waals surface area contributed by atoms with E-state index in [2.05, 4.69) is 5.10 Å². The maximum Gasteiger partial charge on any atom is 0.142 e. The number of benzene rings is 1. The van der Waals surface area contributed by atoms with Crippen molar-refractivity contribution in [3.05, 3.63) is 53.9 Å². The number of aldehydes is 1. The number of hydrogen-bond acceptors (Lipinski definition) is 2. The topological polar surface area (TPSA) is 34.9 Å². The second kappa shape index (κ2) is 4.57. The van der Waals surface area contributed by atoms with Crippen LogP contribution in [0, 0.1) is 6.92 Å². The van der Waals surface area contributed by atoms with Crippen LogP contribution in [0.25, 0.3) is 11.8 Å². The van der Waals surface area contributed by atoms with Crippen molar-refractivity contribution in [2.45, 2.75) is 6.92 Å². The van der Waals surface area contributed by atoms with Crippen LogP contribution in [-0.4, -0.2) is 16.1 Å². The number of carbonyl (C=O) groups excluding carboxylic acids is 1. The molecule has 0 saturated carbocycles. The molecule has 0 spiro atoms. The zero-order valence-electron chi connectivity index (χ0n) is 9.00. The minimum Gasteiger partial charge on any atom is -0.299 e. The van der Waals surface area contributed by atoms with Gasteiger partial charge >= 0.3 is 0 Å². The van der Waals surface area contributed by atoms with Crippen molar-refractivity contribution in [1.82, 2.24) is 9.78 Å². The molecule has 0 unspecified atom stereocenters. The molecule has 0 saturated heterocycles. The maximum absolute atomic E-state index is 10.2. The lowest BCUT2D eigenvalue weighted by Crippen LogP contribution is -1.93. The van der Waals surface area contributed by atoms with E-state index in [1.165, 1.54) is 6.08 Å². The predicted octanol–water partition coefficient (Wildman–Crippen LogP) is 2.39. The van der Waals surface area contributed by atoms with Gasteiger partial charge < -0.3 is 0 Å². The Labute approximate surface area is 94.0 Å². The molecule has 16 heavy (non-hydrogen) atoms. The van der Waals surface area contributed by atoms with Crippen LogP contribution in [0.2, 0.25) is 0 Å². The normalized spacial score (nSPS) is 10.8. The quantitative estimate of drug-likeness (QED) is 0.578. The van der Waals surface area contributed by atoms with Gasteiger partial charge in [0.2, 0.25) is 0 Å². The molecule has 3 nitrogen and oxygen atoms in total. The summed E-state index contributed by atoms with van der Waals surface area (Å²) in [6, 6.07) is 7.84. The van der Waals surface area contributed by atoms with E-state index in [4.69, 9.17) is 0 Å². The Morgan fingerprint density at radius 1 is 1.25 bits per heavy atom. The third-order valence-corrected chi connectivity index (χ3v) is 2.24. The molecule has 0 aliphatic heterocycles. The summed E-state index contributed by atoms with van der Waals surface area (Å²) in [5.74, 6) is 0. The Balaban J connectivity index is 2.25. The molecule has 1 aromatic carbocycles. The fourth-order valence-electron chi connectivity index (χ4n) is 1.44. The van der Waals surface area contributed by atoms with Gasteiger partial charge in [0, 0.05) is 6.20 Å². The van der Waals surface area contributed by atoms with Crippen LogP contribution >= 0.6 is 0 Å². The lowest BCUT2D eigenvalue weighted by atomic mass is 10.2. The number of hydrogen-bond donors (Lipinski definition) is 0. The Bertz CT molecular complexity index is 509. The molecule has 1 heterocycles. The standard InChI is InChI=1S/C13H12N2O/c1-11-9-14-15(10-11)13-6-4-12(5-7-13)3-2-8-16/h2-10H,1H3. The molecule has 0 radical (unpaired) electrons. The highest BCUT2D eigenvalue weighted by Gasteiger charge is 1.97. The van der Waals surface area contributed by atoms with Gasteiger partial charge in [-0.3, -0.25) is 4.79 Å². The first-order valence-corrected chi connectivity index (χ1v) is 5.03. The van der Waals surface area contributed by atoms with Gasteiger partial charge in [-0.25, -0.2) is 4.68 Å². The van der Waals surface area contributed by atoms with E-state index >= 15 is 0 Å². The van der Waals surface area contributed by atoms with E-state index < -0.39 is 0 Å². The van der Waals surface area contributed by atoms with Crippen LogP contribution in [0.1, 0.15) is 11.1 Å². The van der Waals surface area contributed by atoms with E-state index in [1.807, 2.05) is 48.3 Å². The van der Waals surface area contributed by atoms with E-state index in [-0.39, 0.29) is 0 Å². The number of aryl methyl sites for hydroxylation is 1. The largest absolute Gasteiger partial charge is 0.299 e. The zero-order valence-corrected chi connectivity index (χ0v) is 9.00. The summed E-state index contributed by atoms with van der Waals surface area (Å²) in [5.41, 5.74) is 3.14. The lowest BCUT2D eigenvalue weighted by molar-refractivity contribution is -0.104. The first kappa shape index (κ1) is 10.4. The Morgan fingerprint density at radius 3 is 2.56 bits per heavy atom. The number of nitrogens with zero attached hydrogens (tertiary/aromatic N) is 2. The van der Waals surface area contributed by atoms with Gasteiger partial charge in [-0.15, -0.1) is 0 Å². The summed E-state index contributed by atoms with van der Waals surface area (Å²) in [6.07, 6.45) is 7.80. The minimum absolute atomic E-state index is 0.769.